The van der Waals surface area contributed by atoms with Crippen LogP contribution in [0.15, 0.2) is 24.3 Å². The zero-order valence-corrected chi connectivity index (χ0v) is 7.00. The summed E-state index contributed by atoms with van der Waals surface area (Å²) in [5.41, 5.74) is 2.12. The van der Waals surface area contributed by atoms with E-state index in [4.69, 9.17) is 0 Å². The van der Waals surface area contributed by atoms with Crippen molar-refractivity contribution in [2.45, 2.75) is 26.4 Å². The predicted octanol–water partition coefficient (Wildman–Crippen LogP) is 2.74. The van der Waals surface area contributed by atoms with Crippen LogP contribution in [-0.2, 0) is 11.7 Å². The van der Waals surface area contributed by atoms with Crippen LogP contribution < -0.4 is 0 Å². The molecular formula is C10H13O. The van der Waals surface area contributed by atoms with E-state index in [1.54, 1.807) is 0 Å². The molecule has 0 spiro atoms. The second kappa shape index (κ2) is 3.54. The summed E-state index contributed by atoms with van der Waals surface area (Å²) in [7, 11) is 0. The van der Waals surface area contributed by atoms with Crippen LogP contribution in [-0.4, -0.2) is 0 Å². The first kappa shape index (κ1) is 8.28. The molecule has 0 unspecified atom stereocenters. The number of hydrogen-bond acceptors (Lipinski definition) is 0. The largest absolute Gasteiger partial charge is 0.232 e. The van der Waals surface area contributed by atoms with Crippen molar-refractivity contribution in [3.05, 3.63) is 35.4 Å². The molecule has 0 bridgehead atoms. The molecule has 1 radical (unpaired) electrons. The first-order valence-electron chi connectivity index (χ1n) is 3.91. The summed E-state index contributed by atoms with van der Waals surface area (Å²) < 4.78 is 0. The topological polar surface area (TPSA) is 19.9 Å². The lowest BCUT2D eigenvalue weighted by atomic mass is 9.98. The molecule has 0 N–H and O–H groups in total. The van der Waals surface area contributed by atoms with E-state index in [1.807, 2.05) is 24.3 Å². The van der Waals surface area contributed by atoms with Crippen molar-refractivity contribution >= 4 is 0 Å². The van der Waals surface area contributed by atoms with E-state index in [2.05, 4.69) is 13.8 Å². The van der Waals surface area contributed by atoms with Gasteiger partial charge in [0, 0.05) is 0 Å². The molecule has 11 heavy (non-hydrogen) atoms. The highest BCUT2D eigenvalue weighted by molar-refractivity contribution is 5.28. The summed E-state index contributed by atoms with van der Waals surface area (Å²) >= 11 is 0. The van der Waals surface area contributed by atoms with Crippen molar-refractivity contribution in [3.63, 3.8) is 0 Å². The maximum atomic E-state index is 10.7. The van der Waals surface area contributed by atoms with Crippen LogP contribution in [0.1, 0.15) is 30.9 Å². The van der Waals surface area contributed by atoms with Crippen molar-refractivity contribution in [2.24, 2.45) is 0 Å². The molecule has 1 aromatic carbocycles. The number of rotatable bonds is 2. The lowest BCUT2D eigenvalue weighted by molar-refractivity contribution is 0.176. The second-order valence-electron chi connectivity index (χ2n) is 3.00. The molecule has 59 valence electrons. The lowest BCUT2D eigenvalue weighted by Gasteiger charge is -2.08. The standard InChI is InChI=1S/C10H13O/c1-8(2)10-6-4-3-5-9(10)7-11/h3-6,8H,7H2,1-2H3. The molecule has 0 saturated heterocycles. The van der Waals surface area contributed by atoms with E-state index in [-0.39, 0.29) is 6.61 Å². The molecule has 1 nitrogen and oxygen atoms in total. The molecule has 0 aromatic heterocycles. The fraction of sp³-hybridized carbons (Fsp3) is 0.400. The van der Waals surface area contributed by atoms with Gasteiger partial charge in [0.1, 0.15) is 6.61 Å². The minimum absolute atomic E-state index is 0.103. The highest BCUT2D eigenvalue weighted by Gasteiger charge is 2.03. The fourth-order valence-electron chi connectivity index (χ4n) is 1.23. The van der Waals surface area contributed by atoms with E-state index >= 15 is 0 Å². The van der Waals surface area contributed by atoms with Crippen LogP contribution >= 0.6 is 0 Å². The summed E-state index contributed by atoms with van der Waals surface area (Å²) in [6, 6.07) is 7.83. The fourth-order valence-corrected chi connectivity index (χ4v) is 1.23. The Balaban J connectivity index is 3.02. The Kier molecular flexibility index (Phi) is 2.66. The monoisotopic (exact) mass is 149 g/mol. The van der Waals surface area contributed by atoms with Gasteiger partial charge in [-0.25, -0.2) is 5.11 Å². The maximum absolute atomic E-state index is 10.7. The smallest absolute Gasteiger partial charge is 0.108 e. The van der Waals surface area contributed by atoms with Crippen LogP contribution in [0.2, 0.25) is 0 Å². The zero-order chi connectivity index (χ0) is 8.27. The Morgan fingerprint density at radius 2 is 1.91 bits per heavy atom. The highest BCUT2D eigenvalue weighted by atomic mass is 16.3. The Hall–Kier alpha value is -0.820. The van der Waals surface area contributed by atoms with E-state index in [1.165, 1.54) is 5.56 Å². The predicted molar refractivity (Wildman–Crippen MR) is 44.9 cm³/mol. The number of benzene rings is 1. The normalized spacial score (nSPS) is 10.5. The molecule has 0 fully saturated rings. The quantitative estimate of drug-likeness (QED) is 0.616. The van der Waals surface area contributed by atoms with E-state index in [0.717, 1.165) is 5.56 Å². The van der Waals surface area contributed by atoms with Crippen LogP contribution in [0.4, 0.5) is 0 Å². The number of hydrogen-bond donors (Lipinski definition) is 0. The molecule has 0 aliphatic rings. The van der Waals surface area contributed by atoms with Crippen LogP contribution in [0, 0.1) is 0 Å². The second-order valence-corrected chi connectivity index (χ2v) is 3.00. The van der Waals surface area contributed by atoms with Crippen LogP contribution in [0.5, 0.6) is 0 Å². The average molecular weight is 149 g/mol. The Morgan fingerprint density at radius 3 is 2.36 bits per heavy atom. The molecule has 0 aliphatic carbocycles. The van der Waals surface area contributed by atoms with Gasteiger partial charge in [-0.1, -0.05) is 38.1 Å². The zero-order valence-electron chi connectivity index (χ0n) is 7.00. The summed E-state index contributed by atoms with van der Waals surface area (Å²) in [5, 5.41) is 10.7. The highest BCUT2D eigenvalue weighted by Crippen LogP contribution is 2.18. The van der Waals surface area contributed by atoms with Gasteiger partial charge in [0.15, 0.2) is 0 Å². The summed E-state index contributed by atoms with van der Waals surface area (Å²) in [4.78, 5) is 0. The van der Waals surface area contributed by atoms with E-state index in [9.17, 15) is 5.11 Å². The molecule has 0 heterocycles. The Morgan fingerprint density at radius 1 is 1.27 bits per heavy atom. The summed E-state index contributed by atoms with van der Waals surface area (Å²) in [6.45, 7) is 4.11. The minimum atomic E-state index is -0.103. The van der Waals surface area contributed by atoms with Crippen molar-refractivity contribution in [3.8, 4) is 0 Å². The van der Waals surface area contributed by atoms with Crippen molar-refractivity contribution in [1.82, 2.24) is 0 Å². The van der Waals surface area contributed by atoms with Crippen molar-refractivity contribution in [2.75, 3.05) is 0 Å². The molecule has 1 rings (SSSR count). The molecule has 0 aliphatic heterocycles. The third-order valence-electron chi connectivity index (χ3n) is 1.83. The van der Waals surface area contributed by atoms with Gasteiger partial charge in [-0.05, 0) is 17.0 Å². The molecule has 0 atom stereocenters. The van der Waals surface area contributed by atoms with Gasteiger partial charge >= 0.3 is 0 Å². The third kappa shape index (κ3) is 1.81. The van der Waals surface area contributed by atoms with Crippen molar-refractivity contribution in [1.29, 1.82) is 0 Å². The van der Waals surface area contributed by atoms with Crippen LogP contribution in [0.25, 0.3) is 0 Å². The van der Waals surface area contributed by atoms with E-state index < -0.39 is 0 Å². The van der Waals surface area contributed by atoms with Gasteiger partial charge in [0.25, 0.3) is 0 Å². The molecule has 0 saturated carbocycles. The van der Waals surface area contributed by atoms with Crippen LogP contribution in [0.3, 0.4) is 0 Å². The van der Waals surface area contributed by atoms with Crippen molar-refractivity contribution < 1.29 is 5.11 Å². The van der Waals surface area contributed by atoms with Gasteiger partial charge < -0.3 is 0 Å². The Labute approximate surface area is 67.7 Å². The SMILES string of the molecule is CC(C)c1ccccc1C[O]. The molecule has 0 amide bonds. The molecular weight excluding hydrogens is 136 g/mol. The molecule has 1 aromatic rings. The minimum Gasteiger partial charge on any atom is -0.232 e. The van der Waals surface area contributed by atoms with Gasteiger partial charge in [0.05, 0.1) is 0 Å². The van der Waals surface area contributed by atoms with Gasteiger partial charge in [-0.15, -0.1) is 0 Å². The van der Waals surface area contributed by atoms with Gasteiger partial charge in [0.2, 0.25) is 0 Å². The van der Waals surface area contributed by atoms with E-state index in [0.29, 0.717) is 5.92 Å². The third-order valence-corrected chi connectivity index (χ3v) is 1.83. The average Bonchev–Trinajstić information content (AvgIpc) is 2.04. The van der Waals surface area contributed by atoms with Gasteiger partial charge in [-0.3, -0.25) is 0 Å². The molecule has 1 heteroatoms. The Bertz CT molecular complexity index is 228. The maximum Gasteiger partial charge on any atom is 0.108 e. The lowest BCUT2D eigenvalue weighted by Crippen LogP contribution is -1.94. The summed E-state index contributed by atoms with van der Waals surface area (Å²) in [5.74, 6) is 0.458. The first-order chi connectivity index (χ1) is 5.25. The summed E-state index contributed by atoms with van der Waals surface area (Å²) in [6.07, 6.45) is 0. The van der Waals surface area contributed by atoms with Gasteiger partial charge in [-0.2, -0.15) is 0 Å². The first-order valence-corrected chi connectivity index (χ1v) is 3.91.